The molecule has 0 unspecified atom stereocenters. The fraction of sp³-hybridized carbons (Fsp3) is 1.00. The highest BCUT2D eigenvalue weighted by molar-refractivity contribution is 8.54. The van der Waals surface area contributed by atoms with Crippen molar-refractivity contribution in [3.63, 3.8) is 0 Å². The van der Waals surface area contributed by atoms with Gasteiger partial charge in [0.2, 0.25) is 0 Å². The molecule has 5 heteroatoms. The van der Waals surface area contributed by atoms with Crippen LogP contribution in [0.3, 0.4) is 0 Å². The van der Waals surface area contributed by atoms with E-state index < -0.39 is 6.80 Å². The second-order valence-electron chi connectivity index (χ2n) is 0.673. The first-order valence-corrected chi connectivity index (χ1v) is 4.62. The molecule has 0 aromatic carbocycles. The van der Waals surface area contributed by atoms with Gasteiger partial charge in [-0.1, -0.05) is 0 Å². The van der Waals surface area contributed by atoms with E-state index in [1.54, 1.807) is 0 Å². The second kappa shape index (κ2) is 1.98. The fourth-order valence-corrected chi connectivity index (χ4v) is 0. The molecule has 0 spiro atoms. The van der Waals surface area contributed by atoms with E-state index in [1.807, 2.05) is 0 Å². The Morgan fingerprint density at radius 1 is 1.67 bits per heavy atom. The summed E-state index contributed by atoms with van der Waals surface area (Å²) in [5.74, 6) is 0. The minimum atomic E-state index is -3.73. The van der Waals surface area contributed by atoms with Gasteiger partial charge in [-0.3, -0.25) is 0 Å². The van der Waals surface area contributed by atoms with Crippen LogP contribution in [-0.2, 0) is 4.57 Å². The highest BCUT2D eigenvalue weighted by Crippen LogP contribution is 2.47. The molecule has 0 atom stereocenters. The van der Waals surface area contributed by atoms with Crippen molar-refractivity contribution < 1.29 is 14.4 Å². The molecule has 2 N–H and O–H groups in total. The van der Waals surface area contributed by atoms with Gasteiger partial charge in [0.05, 0.1) is 0 Å². The minimum Gasteiger partial charge on any atom is -0.317 e. The van der Waals surface area contributed by atoms with Gasteiger partial charge in [0.25, 0.3) is 0 Å². The van der Waals surface area contributed by atoms with Gasteiger partial charge in [-0.25, -0.2) is 4.57 Å². The van der Waals surface area contributed by atoms with E-state index in [4.69, 9.17) is 9.79 Å². The van der Waals surface area contributed by atoms with Gasteiger partial charge in [0.15, 0.2) is 0 Å². The Kier molecular flexibility index (Phi) is 2.15. The molecule has 0 rings (SSSR count). The van der Waals surface area contributed by atoms with E-state index in [2.05, 4.69) is 0 Å². The Morgan fingerprint density at radius 3 is 1.83 bits per heavy atom. The first-order chi connectivity index (χ1) is 2.56. The Labute approximate surface area is 39.7 Å². The van der Waals surface area contributed by atoms with Crippen LogP contribution < -0.4 is 0 Å². The van der Waals surface area contributed by atoms with Gasteiger partial charge in [-0.05, 0) is 17.6 Å². The summed E-state index contributed by atoms with van der Waals surface area (Å²) in [4.78, 5) is 15.8. The van der Waals surface area contributed by atoms with Crippen LogP contribution in [0.15, 0.2) is 0 Å². The minimum absolute atomic E-state index is 0.549. The molecule has 0 amide bonds. The lowest BCUT2D eigenvalue weighted by Gasteiger charge is -1.91. The van der Waals surface area contributed by atoms with Crippen molar-refractivity contribution in [1.29, 1.82) is 0 Å². The van der Waals surface area contributed by atoms with Crippen LogP contribution in [0.1, 0.15) is 0 Å². The molecule has 0 aromatic rings. The fourth-order valence-electron chi connectivity index (χ4n) is 0. The van der Waals surface area contributed by atoms with E-state index in [1.165, 1.54) is 6.26 Å². The summed E-state index contributed by atoms with van der Waals surface area (Å²) >= 11 is 0.549. The highest BCUT2D eigenvalue weighted by atomic mass is 32.7. The quantitative estimate of drug-likeness (QED) is 0.503. The maximum atomic E-state index is 9.66. The molecule has 0 aliphatic rings. The van der Waals surface area contributed by atoms with Crippen molar-refractivity contribution in [2.24, 2.45) is 0 Å². The molecule has 0 fully saturated rings. The lowest BCUT2D eigenvalue weighted by Crippen LogP contribution is -1.62. The number of hydrogen-bond donors (Lipinski definition) is 2. The number of hydrogen-bond acceptors (Lipinski definition) is 2. The molecule has 0 saturated carbocycles. The van der Waals surface area contributed by atoms with E-state index in [-0.39, 0.29) is 0 Å². The monoisotopic (exact) mass is 128 g/mol. The Morgan fingerprint density at radius 2 is 1.83 bits per heavy atom. The SMILES string of the molecule is CSP(=O)(O)O. The van der Waals surface area contributed by atoms with Crippen molar-refractivity contribution in [3.8, 4) is 0 Å². The predicted molar refractivity (Wildman–Crippen MR) is 25.6 cm³/mol. The topological polar surface area (TPSA) is 57.5 Å². The van der Waals surface area contributed by atoms with Crippen LogP contribution in [0.5, 0.6) is 0 Å². The molecule has 6 heavy (non-hydrogen) atoms. The zero-order valence-corrected chi connectivity index (χ0v) is 4.87. The van der Waals surface area contributed by atoms with E-state index in [0.29, 0.717) is 11.4 Å². The average Bonchev–Trinajstić information content (AvgIpc) is 1.35. The van der Waals surface area contributed by atoms with Crippen molar-refractivity contribution in [2.75, 3.05) is 6.26 Å². The summed E-state index contributed by atoms with van der Waals surface area (Å²) < 4.78 is 9.66. The molecule has 3 nitrogen and oxygen atoms in total. The Balaban J connectivity index is 3.48. The Hall–Kier alpha value is 0.500. The van der Waals surface area contributed by atoms with Crippen LogP contribution in [0.4, 0.5) is 0 Å². The molecule has 0 saturated heterocycles. The van der Waals surface area contributed by atoms with Gasteiger partial charge in [-0.15, -0.1) is 0 Å². The van der Waals surface area contributed by atoms with E-state index in [0.717, 1.165) is 0 Å². The third-order valence-corrected chi connectivity index (χ3v) is 2.14. The molecule has 0 heterocycles. The summed E-state index contributed by atoms with van der Waals surface area (Å²) in [6.45, 7) is -3.73. The Bertz CT molecular complexity index is 74.9. The summed E-state index contributed by atoms with van der Waals surface area (Å²) in [6.07, 6.45) is 1.36. The van der Waals surface area contributed by atoms with Gasteiger partial charge in [0, 0.05) is 0 Å². The number of rotatable bonds is 1. The van der Waals surface area contributed by atoms with Crippen molar-refractivity contribution in [1.82, 2.24) is 0 Å². The summed E-state index contributed by atoms with van der Waals surface area (Å²) in [7, 11) is 0. The zero-order chi connectivity index (χ0) is 5.21. The third kappa shape index (κ3) is 4.50. The van der Waals surface area contributed by atoms with Crippen molar-refractivity contribution >= 4 is 18.2 Å². The average molecular weight is 128 g/mol. The van der Waals surface area contributed by atoms with Gasteiger partial charge >= 0.3 is 6.80 Å². The smallest absolute Gasteiger partial charge is 0.317 e. The molecule has 0 aromatic heterocycles. The van der Waals surface area contributed by atoms with Gasteiger partial charge in [0.1, 0.15) is 0 Å². The summed E-state index contributed by atoms with van der Waals surface area (Å²) in [5, 5.41) is 0. The van der Waals surface area contributed by atoms with Crippen LogP contribution in [0.25, 0.3) is 0 Å². The first-order valence-electron chi connectivity index (χ1n) is 1.17. The molecule has 0 radical (unpaired) electrons. The van der Waals surface area contributed by atoms with Crippen LogP contribution in [-0.4, -0.2) is 16.0 Å². The van der Waals surface area contributed by atoms with Gasteiger partial charge in [-0.2, -0.15) is 0 Å². The molecule has 0 aliphatic heterocycles. The third-order valence-electron chi connectivity index (χ3n) is 0.238. The molecule has 0 bridgehead atoms. The van der Waals surface area contributed by atoms with Crippen LogP contribution in [0.2, 0.25) is 0 Å². The predicted octanol–water partition coefficient (Wildman–Crippen LogP) is 0.442. The normalized spacial score (nSPS) is 11.8. The van der Waals surface area contributed by atoms with Crippen LogP contribution >= 0.6 is 18.2 Å². The highest BCUT2D eigenvalue weighted by Gasteiger charge is 2.06. The maximum absolute atomic E-state index is 9.66. The summed E-state index contributed by atoms with van der Waals surface area (Å²) in [6, 6.07) is 0. The van der Waals surface area contributed by atoms with E-state index in [9.17, 15) is 4.57 Å². The van der Waals surface area contributed by atoms with Crippen molar-refractivity contribution in [2.45, 2.75) is 0 Å². The van der Waals surface area contributed by atoms with Gasteiger partial charge < -0.3 is 9.79 Å². The molecular weight excluding hydrogens is 123 g/mol. The zero-order valence-electron chi connectivity index (χ0n) is 3.16. The molecule has 38 valence electrons. The standard InChI is InChI=1S/CH5O3PS/c1-6-5(2,3)4/h1H3,(H2,2,3,4). The molecular formula is CH5O3PS. The largest absolute Gasteiger partial charge is 0.383 e. The lowest BCUT2D eigenvalue weighted by atomic mass is 12.0. The second-order valence-corrected chi connectivity index (χ2v) is 4.54. The lowest BCUT2D eigenvalue weighted by molar-refractivity contribution is 0.397. The summed E-state index contributed by atoms with van der Waals surface area (Å²) in [5.41, 5.74) is 0. The van der Waals surface area contributed by atoms with Crippen LogP contribution in [0, 0.1) is 0 Å². The van der Waals surface area contributed by atoms with Crippen molar-refractivity contribution in [3.05, 3.63) is 0 Å². The molecule has 0 aliphatic carbocycles. The van der Waals surface area contributed by atoms with E-state index >= 15 is 0 Å². The maximum Gasteiger partial charge on any atom is 0.383 e. The first kappa shape index (κ1) is 6.50.